The van der Waals surface area contributed by atoms with Crippen molar-refractivity contribution in [2.75, 3.05) is 16.8 Å². The maximum Gasteiger partial charge on any atom is 0.339 e. The van der Waals surface area contributed by atoms with Gasteiger partial charge in [0, 0.05) is 16.9 Å². The Labute approximate surface area is 290 Å². The molecule has 12 heteroatoms. The van der Waals surface area contributed by atoms with Crippen molar-refractivity contribution in [1.29, 1.82) is 0 Å². The molecule has 0 fully saturated rings. The molecule has 0 aromatic heterocycles. The van der Waals surface area contributed by atoms with Crippen LogP contribution >= 0.6 is 20.1 Å². The lowest BCUT2D eigenvalue weighted by Crippen LogP contribution is -2.39. The first-order valence-corrected chi connectivity index (χ1v) is 17.9. The summed E-state index contributed by atoms with van der Waals surface area (Å²) in [6.45, 7) is 0. The Morgan fingerprint density at radius 1 is 0.776 bits per heavy atom. The van der Waals surface area contributed by atoms with Crippen molar-refractivity contribution >= 4 is 37.3 Å². The molecular formula is C37H39F2N6O2PS. The molecule has 254 valence electrons. The predicted octanol–water partition coefficient (Wildman–Crippen LogP) is 7.24. The molecule has 0 radical (unpaired) electrons. The van der Waals surface area contributed by atoms with Gasteiger partial charge < -0.3 is 26.6 Å². The minimum absolute atomic E-state index is 0.295. The summed E-state index contributed by atoms with van der Waals surface area (Å²) < 4.78 is 28.7. The van der Waals surface area contributed by atoms with Gasteiger partial charge in [0.15, 0.2) is 5.84 Å². The summed E-state index contributed by atoms with van der Waals surface area (Å²) >= 11 is 1.79. The van der Waals surface area contributed by atoms with E-state index in [1.807, 2.05) is 66.7 Å². The fourth-order valence-corrected chi connectivity index (χ4v) is 7.18. The third-order valence-corrected chi connectivity index (χ3v) is 10.1. The molecule has 10 N–H and O–H groups in total. The lowest BCUT2D eigenvalue weighted by molar-refractivity contribution is 0.0732. The Bertz CT molecular complexity index is 1850. The first kappa shape index (κ1) is 35.8. The lowest BCUT2D eigenvalue weighted by atomic mass is 9.81. The number of hydrazone groups is 1. The maximum atomic E-state index is 14.4. The molecule has 0 saturated carbocycles. The van der Waals surface area contributed by atoms with E-state index in [-0.39, 0.29) is 0 Å². The van der Waals surface area contributed by atoms with Crippen LogP contribution < -0.4 is 28.2 Å². The second kappa shape index (κ2) is 16.3. The highest BCUT2D eigenvalue weighted by Gasteiger charge is 2.41. The van der Waals surface area contributed by atoms with Crippen LogP contribution in [0.4, 0.5) is 20.2 Å². The number of hydrogen-bond acceptors (Lipinski definition) is 8. The first-order chi connectivity index (χ1) is 23.6. The molecule has 0 aliphatic carbocycles. The summed E-state index contributed by atoms with van der Waals surface area (Å²) in [5.41, 5.74) is 17.1. The van der Waals surface area contributed by atoms with Crippen molar-refractivity contribution in [1.82, 2.24) is 5.53 Å². The quantitative estimate of drug-likeness (QED) is 0.0115. The molecule has 0 bridgehead atoms. The standard InChI is InChI=1S/C37H39F2N6O2PS/c38-37(39,48(46)47)30-20-16-26(17-21-30)24-36(29-8-2-1-3-9-29,43-34-13-7-6-12-33(34)40)22-23-49-25-27-14-18-28(19-15-27)31-10-4-5-11-32(31)35(41)44-45-42/h1-21,43,45-47H,22-25,40,42H2,(H2,41,44). The molecule has 5 aromatic carbocycles. The molecule has 0 saturated heterocycles. The van der Waals surface area contributed by atoms with Gasteiger partial charge in [-0.15, -0.1) is 5.10 Å². The van der Waals surface area contributed by atoms with Crippen molar-refractivity contribution in [2.45, 2.75) is 29.8 Å². The van der Waals surface area contributed by atoms with E-state index in [0.717, 1.165) is 50.6 Å². The summed E-state index contributed by atoms with van der Waals surface area (Å²) in [4.78, 5) is 18.6. The van der Waals surface area contributed by atoms with Crippen LogP contribution in [0.15, 0.2) is 132 Å². The van der Waals surface area contributed by atoms with Crippen LogP contribution in [-0.2, 0) is 23.4 Å². The second-order valence-corrected chi connectivity index (χ2v) is 13.8. The fourth-order valence-electron chi connectivity index (χ4n) is 5.73. The van der Waals surface area contributed by atoms with Gasteiger partial charge in [0.25, 0.3) is 0 Å². The van der Waals surface area contributed by atoms with Gasteiger partial charge >= 0.3 is 5.66 Å². The van der Waals surface area contributed by atoms with Gasteiger partial charge in [0.05, 0.1) is 16.9 Å². The van der Waals surface area contributed by atoms with E-state index in [0.29, 0.717) is 24.4 Å². The average molecular weight is 701 g/mol. The Balaban J connectivity index is 1.38. The SMILES string of the molecule is NN/N=C(\N)c1ccccc1-c1ccc(CSCCC(Cc2ccc(C(F)(F)P(O)O)cc2)(Nc2ccccc2N)c2ccccc2)cc1. The van der Waals surface area contributed by atoms with Crippen LogP contribution in [0, 0.1) is 0 Å². The average Bonchev–Trinajstić information content (AvgIpc) is 3.12. The number of halogens is 2. The van der Waals surface area contributed by atoms with Crippen LogP contribution in [0.3, 0.4) is 0 Å². The zero-order chi connectivity index (χ0) is 34.9. The Hall–Kier alpha value is -4.51. The minimum atomic E-state index is -3.72. The van der Waals surface area contributed by atoms with E-state index in [9.17, 15) is 18.6 Å². The number of para-hydroxylation sites is 2. The molecule has 0 aliphatic heterocycles. The van der Waals surface area contributed by atoms with Gasteiger partial charge in [-0.2, -0.15) is 20.5 Å². The van der Waals surface area contributed by atoms with Crippen LogP contribution in [0.25, 0.3) is 11.1 Å². The van der Waals surface area contributed by atoms with Crippen LogP contribution in [-0.4, -0.2) is 21.4 Å². The normalized spacial score (nSPS) is 13.2. The predicted molar refractivity (Wildman–Crippen MR) is 199 cm³/mol. The molecule has 1 atom stereocenters. The highest BCUT2D eigenvalue weighted by atomic mass is 32.2. The Morgan fingerprint density at radius 2 is 1.41 bits per heavy atom. The van der Waals surface area contributed by atoms with Gasteiger partial charge in [-0.25, -0.2) is 11.4 Å². The van der Waals surface area contributed by atoms with E-state index < -0.39 is 25.1 Å². The van der Waals surface area contributed by atoms with Crippen molar-refractivity contribution in [2.24, 2.45) is 16.7 Å². The third-order valence-electron chi connectivity index (χ3n) is 8.31. The number of nitrogens with one attached hydrogen (secondary N) is 2. The topological polar surface area (TPSA) is 155 Å². The number of benzene rings is 5. The van der Waals surface area contributed by atoms with Gasteiger partial charge in [-0.3, -0.25) is 0 Å². The highest BCUT2D eigenvalue weighted by molar-refractivity contribution is 7.98. The summed E-state index contributed by atoms with van der Waals surface area (Å²) in [5.74, 6) is 7.18. The number of alkyl halides is 2. The number of hydrazine groups is 1. The monoisotopic (exact) mass is 700 g/mol. The van der Waals surface area contributed by atoms with E-state index in [2.05, 4.69) is 52.4 Å². The molecule has 1 unspecified atom stereocenters. The second-order valence-electron chi connectivity index (χ2n) is 11.5. The summed E-state index contributed by atoms with van der Waals surface area (Å²) in [5, 5.41) is 7.67. The molecule has 0 aliphatic rings. The van der Waals surface area contributed by atoms with Crippen molar-refractivity contribution in [3.63, 3.8) is 0 Å². The van der Waals surface area contributed by atoms with E-state index >= 15 is 0 Å². The third kappa shape index (κ3) is 8.75. The number of hydrogen-bond donors (Lipinski definition) is 7. The number of nitrogens with two attached hydrogens (primary N) is 3. The number of thioether (sulfide) groups is 1. The number of anilines is 2. The highest BCUT2D eigenvalue weighted by Crippen LogP contribution is 2.52. The van der Waals surface area contributed by atoms with E-state index in [1.165, 1.54) is 12.1 Å². The molecule has 49 heavy (non-hydrogen) atoms. The van der Waals surface area contributed by atoms with E-state index in [1.54, 1.807) is 23.9 Å². The van der Waals surface area contributed by atoms with Gasteiger partial charge in [0.2, 0.25) is 8.38 Å². The largest absolute Gasteiger partial charge is 0.397 e. The first-order valence-electron chi connectivity index (χ1n) is 15.5. The summed E-state index contributed by atoms with van der Waals surface area (Å²) in [7, 11) is -3.46. The fraction of sp³-hybridized carbons (Fsp3) is 0.162. The zero-order valence-electron chi connectivity index (χ0n) is 26.6. The zero-order valence-corrected chi connectivity index (χ0v) is 28.3. The summed E-state index contributed by atoms with van der Waals surface area (Å²) in [6, 6.07) is 39.4. The van der Waals surface area contributed by atoms with Crippen LogP contribution in [0.5, 0.6) is 0 Å². The Morgan fingerprint density at radius 3 is 2.08 bits per heavy atom. The van der Waals surface area contributed by atoms with Crippen molar-refractivity contribution in [3.8, 4) is 11.1 Å². The number of amidine groups is 1. The molecule has 8 nitrogen and oxygen atoms in total. The van der Waals surface area contributed by atoms with Crippen LogP contribution in [0.1, 0.15) is 34.2 Å². The smallest absolute Gasteiger partial charge is 0.339 e. The van der Waals surface area contributed by atoms with Gasteiger partial charge in [-0.1, -0.05) is 115 Å². The number of nitrogen functional groups attached to an aromatic ring is 1. The summed E-state index contributed by atoms with van der Waals surface area (Å²) in [6.07, 6.45) is 1.15. The van der Waals surface area contributed by atoms with Crippen molar-refractivity contribution < 1.29 is 18.6 Å². The molecule has 5 rings (SSSR count). The van der Waals surface area contributed by atoms with Gasteiger partial charge in [-0.05, 0) is 58.5 Å². The molecule has 0 spiro atoms. The lowest BCUT2D eigenvalue weighted by Gasteiger charge is -2.37. The molecule has 5 aromatic rings. The Kier molecular flexibility index (Phi) is 11.9. The van der Waals surface area contributed by atoms with Crippen LogP contribution in [0.2, 0.25) is 0 Å². The van der Waals surface area contributed by atoms with E-state index in [4.69, 9.17) is 17.3 Å². The molecular weight excluding hydrogens is 661 g/mol. The van der Waals surface area contributed by atoms with Crippen molar-refractivity contribution in [3.05, 3.63) is 155 Å². The minimum Gasteiger partial charge on any atom is -0.397 e. The maximum absolute atomic E-state index is 14.4. The molecule has 0 heterocycles. The number of rotatable bonds is 15. The van der Waals surface area contributed by atoms with Gasteiger partial charge in [0.1, 0.15) is 0 Å². The molecule has 0 amide bonds. The number of nitrogens with zero attached hydrogens (tertiary/aromatic N) is 1.